The summed E-state index contributed by atoms with van der Waals surface area (Å²) in [6.07, 6.45) is 4.26. The van der Waals surface area contributed by atoms with Crippen LogP contribution in [0.3, 0.4) is 0 Å². The zero-order valence-corrected chi connectivity index (χ0v) is 9.62. The molecule has 0 fully saturated rings. The van der Waals surface area contributed by atoms with Crippen molar-refractivity contribution in [1.82, 2.24) is 0 Å². The van der Waals surface area contributed by atoms with E-state index in [2.05, 4.69) is 19.9 Å². The molecule has 0 aliphatic carbocycles. The smallest absolute Gasteiger partial charge is 0.0406 e. The summed E-state index contributed by atoms with van der Waals surface area (Å²) in [5.74, 6) is 1.28. The minimum Gasteiger partial charge on any atom is -0.123 e. The molecule has 0 amide bonds. The molecule has 0 aromatic heterocycles. The Bertz CT molecular complexity index is 139. The van der Waals surface area contributed by atoms with Gasteiger partial charge in [0, 0.05) is 11.3 Å². The summed E-state index contributed by atoms with van der Waals surface area (Å²) < 4.78 is 0. The first kappa shape index (κ1) is 12.3. The van der Waals surface area contributed by atoms with Gasteiger partial charge < -0.3 is 0 Å². The second kappa shape index (κ2) is 6.80. The summed E-state index contributed by atoms with van der Waals surface area (Å²) in [7, 11) is 0. The maximum Gasteiger partial charge on any atom is 0.0406 e. The third-order valence-corrected chi connectivity index (χ3v) is 2.16. The molecule has 0 aliphatic rings. The molecule has 2 unspecified atom stereocenters. The summed E-state index contributed by atoms with van der Waals surface area (Å²) in [5.41, 5.74) is 1.37. The van der Waals surface area contributed by atoms with Crippen LogP contribution in [0.4, 0.5) is 0 Å². The van der Waals surface area contributed by atoms with Gasteiger partial charge in [0.15, 0.2) is 0 Å². The monoisotopic (exact) mass is 208 g/mol. The Balaban J connectivity index is 3.68. The molecular weight excluding hydrogens is 191 g/mol. The number of hydrogen-bond donors (Lipinski definition) is 0. The second-order valence-electron chi connectivity index (χ2n) is 3.53. The lowest BCUT2D eigenvalue weighted by atomic mass is 9.97. The first-order valence-corrected chi connectivity index (χ1v) is 5.39. The SMILES string of the molecule is CC(=CCCl)CC(C)CC(C)Cl. The molecule has 0 radical (unpaired) electrons. The number of alkyl halides is 2. The fourth-order valence-electron chi connectivity index (χ4n) is 1.40. The van der Waals surface area contributed by atoms with Crippen LogP contribution < -0.4 is 0 Å². The Morgan fingerprint density at radius 1 is 1.42 bits per heavy atom. The molecule has 0 saturated carbocycles. The average Bonchev–Trinajstić information content (AvgIpc) is 1.84. The van der Waals surface area contributed by atoms with E-state index in [9.17, 15) is 0 Å². The topological polar surface area (TPSA) is 0 Å². The normalized spacial score (nSPS) is 17.6. The van der Waals surface area contributed by atoms with Crippen molar-refractivity contribution in [3.63, 3.8) is 0 Å². The van der Waals surface area contributed by atoms with Gasteiger partial charge in [-0.25, -0.2) is 0 Å². The van der Waals surface area contributed by atoms with Crippen molar-refractivity contribution in [2.24, 2.45) is 5.92 Å². The highest BCUT2D eigenvalue weighted by atomic mass is 35.5. The Hall–Kier alpha value is 0.320. The van der Waals surface area contributed by atoms with Crippen molar-refractivity contribution < 1.29 is 0 Å². The molecular formula is C10H18Cl2. The van der Waals surface area contributed by atoms with Crippen LogP contribution in [-0.4, -0.2) is 11.3 Å². The lowest BCUT2D eigenvalue weighted by Crippen LogP contribution is -2.02. The molecule has 0 aromatic carbocycles. The van der Waals surface area contributed by atoms with Gasteiger partial charge in [0.25, 0.3) is 0 Å². The molecule has 0 nitrogen and oxygen atoms in total. The van der Waals surface area contributed by atoms with Crippen LogP contribution in [0.2, 0.25) is 0 Å². The largest absolute Gasteiger partial charge is 0.123 e. The van der Waals surface area contributed by atoms with Gasteiger partial charge in [-0.2, -0.15) is 0 Å². The van der Waals surface area contributed by atoms with Gasteiger partial charge in [-0.15, -0.1) is 23.2 Å². The Kier molecular flexibility index (Phi) is 6.98. The number of allylic oxidation sites excluding steroid dienone is 2. The molecule has 0 N–H and O–H groups in total. The minimum atomic E-state index is 0.281. The summed E-state index contributed by atoms with van der Waals surface area (Å²) in [4.78, 5) is 0. The molecule has 0 rings (SSSR count). The Labute approximate surface area is 85.9 Å². The van der Waals surface area contributed by atoms with Crippen molar-refractivity contribution in [2.45, 2.75) is 39.0 Å². The molecule has 0 saturated heterocycles. The van der Waals surface area contributed by atoms with Gasteiger partial charge >= 0.3 is 0 Å². The van der Waals surface area contributed by atoms with Gasteiger partial charge in [0.05, 0.1) is 0 Å². The maximum atomic E-state index is 5.89. The van der Waals surface area contributed by atoms with Crippen molar-refractivity contribution in [3.8, 4) is 0 Å². The molecule has 0 spiro atoms. The van der Waals surface area contributed by atoms with Gasteiger partial charge in [0.1, 0.15) is 0 Å². The van der Waals surface area contributed by atoms with Gasteiger partial charge in [-0.3, -0.25) is 0 Å². The first-order chi connectivity index (χ1) is 5.56. The quantitative estimate of drug-likeness (QED) is 0.469. The fourth-order valence-corrected chi connectivity index (χ4v) is 1.97. The summed E-state index contributed by atoms with van der Waals surface area (Å²) in [6.45, 7) is 6.39. The van der Waals surface area contributed by atoms with E-state index in [1.165, 1.54) is 5.57 Å². The van der Waals surface area contributed by atoms with Crippen molar-refractivity contribution >= 4 is 23.2 Å². The summed E-state index contributed by atoms with van der Waals surface area (Å²) >= 11 is 11.5. The highest BCUT2D eigenvalue weighted by molar-refractivity contribution is 6.20. The number of rotatable bonds is 5. The zero-order valence-electron chi connectivity index (χ0n) is 8.11. The molecule has 0 aliphatic heterocycles. The van der Waals surface area contributed by atoms with E-state index < -0.39 is 0 Å². The van der Waals surface area contributed by atoms with Crippen LogP contribution in [-0.2, 0) is 0 Å². The van der Waals surface area contributed by atoms with Crippen LogP contribution in [0.1, 0.15) is 33.6 Å². The standard InChI is InChI=1S/C10H18Cl2/c1-8(4-5-11)6-9(2)7-10(3)12/h4,9-10H,5-7H2,1-3H3. The zero-order chi connectivity index (χ0) is 9.56. The summed E-state index contributed by atoms with van der Waals surface area (Å²) in [5, 5.41) is 0.281. The first-order valence-electron chi connectivity index (χ1n) is 4.42. The van der Waals surface area contributed by atoms with E-state index in [4.69, 9.17) is 23.2 Å². The lowest BCUT2D eigenvalue weighted by Gasteiger charge is -2.12. The van der Waals surface area contributed by atoms with Gasteiger partial charge in [0.2, 0.25) is 0 Å². The fraction of sp³-hybridized carbons (Fsp3) is 0.800. The number of halogens is 2. The Morgan fingerprint density at radius 2 is 2.00 bits per heavy atom. The van der Waals surface area contributed by atoms with Crippen LogP contribution in [0.25, 0.3) is 0 Å². The molecule has 0 heterocycles. The predicted octanol–water partition coefficient (Wildman–Crippen LogP) is 4.22. The third-order valence-electron chi connectivity index (χ3n) is 1.82. The van der Waals surface area contributed by atoms with E-state index >= 15 is 0 Å². The van der Waals surface area contributed by atoms with E-state index in [-0.39, 0.29) is 5.38 Å². The average molecular weight is 209 g/mol. The van der Waals surface area contributed by atoms with Crippen LogP contribution in [0.15, 0.2) is 11.6 Å². The van der Waals surface area contributed by atoms with Crippen molar-refractivity contribution in [1.29, 1.82) is 0 Å². The van der Waals surface area contributed by atoms with Crippen LogP contribution in [0, 0.1) is 5.92 Å². The molecule has 2 heteroatoms. The van der Waals surface area contributed by atoms with Crippen LogP contribution in [0.5, 0.6) is 0 Å². The van der Waals surface area contributed by atoms with Gasteiger partial charge in [-0.1, -0.05) is 18.6 Å². The summed E-state index contributed by atoms with van der Waals surface area (Å²) in [6, 6.07) is 0. The van der Waals surface area contributed by atoms with Crippen molar-refractivity contribution in [3.05, 3.63) is 11.6 Å². The highest BCUT2D eigenvalue weighted by Gasteiger charge is 2.06. The molecule has 0 aromatic rings. The van der Waals surface area contributed by atoms with E-state index in [0.29, 0.717) is 11.8 Å². The minimum absolute atomic E-state index is 0.281. The third kappa shape index (κ3) is 7.00. The number of hydrogen-bond acceptors (Lipinski definition) is 0. The van der Waals surface area contributed by atoms with E-state index in [1.807, 2.05) is 6.92 Å². The lowest BCUT2D eigenvalue weighted by molar-refractivity contribution is 0.524. The molecule has 72 valence electrons. The van der Waals surface area contributed by atoms with E-state index in [0.717, 1.165) is 12.8 Å². The molecule has 12 heavy (non-hydrogen) atoms. The van der Waals surface area contributed by atoms with Crippen molar-refractivity contribution in [2.75, 3.05) is 5.88 Å². The predicted molar refractivity (Wildman–Crippen MR) is 58.2 cm³/mol. The maximum absolute atomic E-state index is 5.89. The Morgan fingerprint density at radius 3 is 2.42 bits per heavy atom. The highest BCUT2D eigenvalue weighted by Crippen LogP contribution is 2.18. The second-order valence-corrected chi connectivity index (χ2v) is 4.58. The molecule has 0 bridgehead atoms. The van der Waals surface area contributed by atoms with E-state index in [1.54, 1.807) is 0 Å². The van der Waals surface area contributed by atoms with Gasteiger partial charge in [-0.05, 0) is 32.6 Å². The molecule has 2 atom stereocenters. The van der Waals surface area contributed by atoms with Crippen LogP contribution >= 0.6 is 23.2 Å².